The van der Waals surface area contributed by atoms with Crippen molar-refractivity contribution in [3.8, 4) is 11.3 Å². The molecule has 0 bridgehead atoms. The SMILES string of the molecule is Cc1ccc(-c2cc(C(=O)Nc3ccn(Cc4cccc(C)c4)n3)no2)cc1. The average Bonchev–Trinajstić information content (AvgIpc) is 3.32. The Bertz CT molecular complexity index is 1110. The number of hydrogen-bond donors (Lipinski definition) is 1. The lowest BCUT2D eigenvalue weighted by molar-refractivity contribution is 0.101. The minimum absolute atomic E-state index is 0.212. The molecule has 4 rings (SSSR count). The van der Waals surface area contributed by atoms with E-state index in [9.17, 15) is 4.79 Å². The second-order valence-electron chi connectivity index (χ2n) is 6.78. The first-order valence-corrected chi connectivity index (χ1v) is 9.01. The van der Waals surface area contributed by atoms with E-state index in [0.717, 1.165) is 16.7 Å². The fourth-order valence-corrected chi connectivity index (χ4v) is 2.93. The number of nitrogens with one attached hydrogen (secondary N) is 1. The Kier molecular flexibility index (Phi) is 4.76. The largest absolute Gasteiger partial charge is 0.355 e. The van der Waals surface area contributed by atoms with E-state index < -0.39 is 0 Å². The van der Waals surface area contributed by atoms with Crippen LogP contribution >= 0.6 is 0 Å². The zero-order valence-corrected chi connectivity index (χ0v) is 15.7. The van der Waals surface area contributed by atoms with E-state index in [0.29, 0.717) is 18.1 Å². The maximum absolute atomic E-state index is 12.4. The quantitative estimate of drug-likeness (QED) is 0.561. The van der Waals surface area contributed by atoms with E-state index >= 15 is 0 Å². The number of amides is 1. The molecule has 4 aromatic rings. The van der Waals surface area contributed by atoms with Crippen LogP contribution in [0.3, 0.4) is 0 Å². The van der Waals surface area contributed by atoms with Gasteiger partial charge in [0.15, 0.2) is 17.3 Å². The molecule has 0 fully saturated rings. The number of aryl methyl sites for hydroxylation is 2. The molecule has 0 saturated heterocycles. The Morgan fingerprint density at radius 3 is 2.64 bits per heavy atom. The summed E-state index contributed by atoms with van der Waals surface area (Å²) in [4.78, 5) is 12.4. The summed E-state index contributed by atoms with van der Waals surface area (Å²) in [6.07, 6.45) is 1.83. The normalized spacial score (nSPS) is 10.8. The molecule has 0 unspecified atom stereocenters. The highest BCUT2D eigenvalue weighted by Crippen LogP contribution is 2.21. The first-order chi connectivity index (χ1) is 13.6. The van der Waals surface area contributed by atoms with Gasteiger partial charge in [0, 0.05) is 23.9 Å². The summed E-state index contributed by atoms with van der Waals surface area (Å²) in [5.74, 6) is 0.663. The molecule has 2 aromatic heterocycles. The molecule has 0 aliphatic heterocycles. The molecule has 28 heavy (non-hydrogen) atoms. The molecule has 6 nitrogen and oxygen atoms in total. The van der Waals surface area contributed by atoms with Crippen molar-refractivity contribution in [2.75, 3.05) is 5.32 Å². The van der Waals surface area contributed by atoms with Crippen LogP contribution in [-0.4, -0.2) is 20.8 Å². The second-order valence-corrected chi connectivity index (χ2v) is 6.78. The topological polar surface area (TPSA) is 73.0 Å². The Morgan fingerprint density at radius 2 is 1.86 bits per heavy atom. The molecule has 2 heterocycles. The van der Waals surface area contributed by atoms with Gasteiger partial charge >= 0.3 is 0 Å². The Hall–Kier alpha value is -3.67. The van der Waals surface area contributed by atoms with Crippen molar-refractivity contribution in [3.05, 3.63) is 89.2 Å². The molecule has 0 spiro atoms. The van der Waals surface area contributed by atoms with Crippen LogP contribution in [0.1, 0.15) is 27.2 Å². The van der Waals surface area contributed by atoms with Crippen LogP contribution in [0.15, 0.2) is 71.4 Å². The maximum atomic E-state index is 12.4. The predicted octanol–water partition coefficient (Wildman–Crippen LogP) is 4.46. The smallest absolute Gasteiger partial charge is 0.279 e. The van der Waals surface area contributed by atoms with Crippen LogP contribution in [0.5, 0.6) is 0 Å². The molecule has 6 heteroatoms. The molecule has 140 valence electrons. The maximum Gasteiger partial charge on any atom is 0.279 e. The van der Waals surface area contributed by atoms with Gasteiger partial charge in [0.1, 0.15) is 0 Å². The van der Waals surface area contributed by atoms with Crippen molar-refractivity contribution in [1.82, 2.24) is 14.9 Å². The summed E-state index contributed by atoms with van der Waals surface area (Å²) in [6.45, 7) is 4.71. The van der Waals surface area contributed by atoms with Gasteiger partial charge in [0.2, 0.25) is 0 Å². The van der Waals surface area contributed by atoms with Crippen LogP contribution in [0.4, 0.5) is 5.82 Å². The van der Waals surface area contributed by atoms with Gasteiger partial charge in [-0.15, -0.1) is 0 Å². The van der Waals surface area contributed by atoms with Crippen molar-refractivity contribution in [2.24, 2.45) is 0 Å². The third-order valence-corrected chi connectivity index (χ3v) is 4.39. The Balaban J connectivity index is 1.43. The third kappa shape index (κ3) is 4.01. The highest BCUT2D eigenvalue weighted by Gasteiger charge is 2.15. The molecular weight excluding hydrogens is 352 g/mol. The van der Waals surface area contributed by atoms with Crippen molar-refractivity contribution in [1.29, 1.82) is 0 Å². The fourth-order valence-electron chi connectivity index (χ4n) is 2.93. The number of hydrogen-bond acceptors (Lipinski definition) is 4. The van der Waals surface area contributed by atoms with Crippen LogP contribution in [-0.2, 0) is 6.54 Å². The number of rotatable bonds is 5. The first kappa shape index (κ1) is 17.7. The van der Waals surface area contributed by atoms with Gasteiger partial charge in [0.25, 0.3) is 5.91 Å². The van der Waals surface area contributed by atoms with E-state index in [1.54, 1.807) is 16.8 Å². The highest BCUT2D eigenvalue weighted by molar-refractivity contribution is 6.02. The van der Waals surface area contributed by atoms with Crippen molar-refractivity contribution < 1.29 is 9.32 Å². The molecule has 0 radical (unpaired) electrons. The van der Waals surface area contributed by atoms with Gasteiger partial charge < -0.3 is 9.84 Å². The van der Waals surface area contributed by atoms with Gasteiger partial charge in [-0.2, -0.15) is 5.10 Å². The molecule has 0 atom stereocenters. The third-order valence-electron chi connectivity index (χ3n) is 4.39. The summed E-state index contributed by atoms with van der Waals surface area (Å²) in [7, 11) is 0. The summed E-state index contributed by atoms with van der Waals surface area (Å²) in [6, 6.07) is 19.5. The van der Waals surface area contributed by atoms with Gasteiger partial charge in [-0.25, -0.2) is 0 Å². The Labute approximate surface area is 162 Å². The van der Waals surface area contributed by atoms with Crippen LogP contribution < -0.4 is 5.32 Å². The number of carbonyl (C=O) groups excluding carboxylic acids is 1. The van der Waals surface area contributed by atoms with Gasteiger partial charge in [-0.1, -0.05) is 64.8 Å². The molecular formula is C22H20N4O2. The second kappa shape index (κ2) is 7.52. The number of nitrogens with zero attached hydrogens (tertiary/aromatic N) is 3. The van der Waals surface area contributed by atoms with Crippen molar-refractivity contribution in [3.63, 3.8) is 0 Å². The number of anilines is 1. The molecule has 1 amide bonds. The van der Waals surface area contributed by atoms with Crippen LogP contribution in [0.25, 0.3) is 11.3 Å². The van der Waals surface area contributed by atoms with Crippen LogP contribution in [0, 0.1) is 13.8 Å². The van der Waals surface area contributed by atoms with Crippen molar-refractivity contribution >= 4 is 11.7 Å². The van der Waals surface area contributed by atoms with E-state index in [-0.39, 0.29) is 11.6 Å². The van der Waals surface area contributed by atoms with E-state index in [4.69, 9.17) is 4.52 Å². The monoisotopic (exact) mass is 372 g/mol. The average molecular weight is 372 g/mol. The lowest BCUT2D eigenvalue weighted by Crippen LogP contribution is -2.13. The number of aromatic nitrogens is 3. The molecule has 0 aliphatic carbocycles. The van der Waals surface area contributed by atoms with Gasteiger partial charge in [-0.3, -0.25) is 9.48 Å². The fraction of sp³-hybridized carbons (Fsp3) is 0.136. The van der Waals surface area contributed by atoms with E-state index in [1.165, 1.54) is 5.56 Å². The molecule has 2 aromatic carbocycles. The summed E-state index contributed by atoms with van der Waals surface area (Å²) < 4.78 is 7.09. The van der Waals surface area contributed by atoms with E-state index in [1.807, 2.05) is 43.5 Å². The zero-order valence-electron chi connectivity index (χ0n) is 15.7. The highest BCUT2D eigenvalue weighted by atomic mass is 16.5. The lowest BCUT2D eigenvalue weighted by Gasteiger charge is -2.03. The lowest BCUT2D eigenvalue weighted by atomic mass is 10.1. The van der Waals surface area contributed by atoms with Gasteiger partial charge in [0.05, 0.1) is 6.54 Å². The van der Waals surface area contributed by atoms with Crippen LogP contribution in [0.2, 0.25) is 0 Å². The summed E-state index contributed by atoms with van der Waals surface area (Å²) in [5, 5.41) is 11.0. The predicted molar refractivity (Wildman–Crippen MR) is 107 cm³/mol. The number of benzene rings is 2. The minimum Gasteiger partial charge on any atom is -0.355 e. The number of carbonyl (C=O) groups is 1. The van der Waals surface area contributed by atoms with Gasteiger partial charge in [-0.05, 0) is 19.4 Å². The molecule has 0 saturated carbocycles. The van der Waals surface area contributed by atoms with E-state index in [2.05, 4.69) is 40.7 Å². The summed E-state index contributed by atoms with van der Waals surface area (Å²) >= 11 is 0. The first-order valence-electron chi connectivity index (χ1n) is 9.01. The molecule has 0 aliphatic rings. The van der Waals surface area contributed by atoms with Crippen molar-refractivity contribution in [2.45, 2.75) is 20.4 Å². The minimum atomic E-state index is -0.358. The Morgan fingerprint density at radius 1 is 1.04 bits per heavy atom. The standard InChI is InChI=1S/C22H20N4O2/c1-15-6-8-18(9-7-15)20-13-19(25-28-20)22(27)23-21-10-11-26(24-21)14-17-5-3-4-16(2)12-17/h3-13H,14H2,1-2H3,(H,23,24,27). The zero-order chi connectivity index (χ0) is 19.5. The summed E-state index contributed by atoms with van der Waals surface area (Å²) in [5.41, 5.74) is 4.60. The molecule has 1 N–H and O–H groups in total.